The van der Waals surface area contributed by atoms with Crippen molar-refractivity contribution in [2.75, 3.05) is 13.1 Å². The highest BCUT2D eigenvalue weighted by Crippen LogP contribution is 2.13. The second-order valence-corrected chi connectivity index (χ2v) is 6.03. The van der Waals surface area contributed by atoms with Gasteiger partial charge in [-0.25, -0.2) is 0 Å². The number of amides is 2. The first kappa shape index (κ1) is 19.2. The molecule has 1 saturated heterocycles. The van der Waals surface area contributed by atoms with Crippen LogP contribution in [0, 0.1) is 11.8 Å². The van der Waals surface area contributed by atoms with E-state index in [1.54, 1.807) is 0 Å². The SMILES string of the molecule is CC(C)C(=O)N1CCC(NC(=O)[C@@H](N)C(C)C)CC1.Cl. The van der Waals surface area contributed by atoms with E-state index in [-0.39, 0.29) is 42.1 Å². The third kappa shape index (κ3) is 5.29. The summed E-state index contributed by atoms with van der Waals surface area (Å²) in [6.45, 7) is 9.15. The van der Waals surface area contributed by atoms with Crippen molar-refractivity contribution in [1.82, 2.24) is 10.2 Å². The van der Waals surface area contributed by atoms with Crippen LogP contribution in [0.15, 0.2) is 0 Å². The zero-order chi connectivity index (χ0) is 14.6. The van der Waals surface area contributed by atoms with Gasteiger partial charge in [0.25, 0.3) is 0 Å². The molecule has 20 heavy (non-hydrogen) atoms. The molecule has 1 rings (SSSR count). The maximum atomic E-state index is 11.9. The molecule has 0 aromatic rings. The van der Waals surface area contributed by atoms with Gasteiger partial charge in [0.1, 0.15) is 0 Å². The number of nitrogens with two attached hydrogens (primary N) is 1. The second kappa shape index (κ2) is 8.47. The highest BCUT2D eigenvalue weighted by Gasteiger charge is 2.26. The van der Waals surface area contributed by atoms with E-state index in [9.17, 15) is 9.59 Å². The van der Waals surface area contributed by atoms with Crippen molar-refractivity contribution in [3.05, 3.63) is 0 Å². The fourth-order valence-corrected chi connectivity index (χ4v) is 2.21. The lowest BCUT2D eigenvalue weighted by atomic mass is 10.0. The van der Waals surface area contributed by atoms with Crippen molar-refractivity contribution in [2.24, 2.45) is 17.6 Å². The second-order valence-electron chi connectivity index (χ2n) is 6.03. The third-order valence-corrected chi connectivity index (χ3v) is 3.67. The Labute approximate surface area is 128 Å². The molecule has 0 aromatic heterocycles. The summed E-state index contributed by atoms with van der Waals surface area (Å²) >= 11 is 0. The van der Waals surface area contributed by atoms with E-state index in [1.165, 1.54) is 0 Å². The minimum atomic E-state index is -0.449. The lowest BCUT2D eigenvalue weighted by Crippen LogP contribution is -2.52. The number of carbonyl (C=O) groups is 2. The molecule has 3 N–H and O–H groups in total. The van der Waals surface area contributed by atoms with Crippen molar-refractivity contribution < 1.29 is 9.59 Å². The van der Waals surface area contributed by atoms with Crippen molar-refractivity contribution in [2.45, 2.75) is 52.6 Å². The Morgan fingerprint density at radius 2 is 1.65 bits per heavy atom. The number of nitrogens with zero attached hydrogens (tertiary/aromatic N) is 1. The predicted molar refractivity (Wildman–Crippen MR) is 82.6 cm³/mol. The molecule has 5 nitrogen and oxygen atoms in total. The van der Waals surface area contributed by atoms with Gasteiger partial charge >= 0.3 is 0 Å². The molecule has 1 aliphatic heterocycles. The molecular weight excluding hydrogens is 278 g/mol. The van der Waals surface area contributed by atoms with Crippen LogP contribution in [0.5, 0.6) is 0 Å². The molecule has 2 amide bonds. The van der Waals surface area contributed by atoms with Gasteiger partial charge in [0.15, 0.2) is 0 Å². The van der Waals surface area contributed by atoms with Gasteiger partial charge < -0.3 is 16.0 Å². The zero-order valence-corrected chi connectivity index (χ0v) is 13.7. The lowest BCUT2D eigenvalue weighted by molar-refractivity contribution is -0.135. The van der Waals surface area contributed by atoms with Crippen LogP contribution in [0.3, 0.4) is 0 Å². The van der Waals surface area contributed by atoms with Crippen molar-refractivity contribution in [3.8, 4) is 0 Å². The van der Waals surface area contributed by atoms with E-state index in [0.717, 1.165) is 25.9 Å². The van der Waals surface area contributed by atoms with Gasteiger partial charge in [-0.15, -0.1) is 12.4 Å². The smallest absolute Gasteiger partial charge is 0.237 e. The minimum Gasteiger partial charge on any atom is -0.352 e. The first-order valence-corrected chi connectivity index (χ1v) is 7.17. The molecule has 0 unspecified atom stereocenters. The summed E-state index contributed by atoms with van der Waals surface area (Å²) in [5.41, 5.74) is 5.82. The lowest BCUT2D eigenvalue weighted by Gasteiger charge is -2.34. The van der Waals surface area contributed by atoms with E-state index in [2.05, 4.69) is 5.32 Å². The Bertz CT molecular complexity index is 326. The molecule has 0 aliphatic carbocycles. The maximum Gasteiger partial charge on any atom is 0.237 e. The van der Waals surface area contributed by atoms with Gasteiger partial charge in [0.2, 0.25) is 11.8 Å². The number of nitrogens with one attached hydrogen (secondary N) is 1. The first-order chi connectivity index (χ1) is 8.82. The van der Waals surface area contributed by atoms with Gasteiger partial charge in [-0.2, -0.15) is 0 Å². The van der Waals surface area contributed by atoms with Crippen LogP contribution in [0.1, 0.15) is 40.5 Å². The van der Waals surface area contributed by atoms with Crippen LogP contribution in [-0.4, -0.2) is 41.9 Å². The van der Waals surface area contributed by atoms with E-state index >= 15 is 0 Å². The Hall–Kier alpha value is -0.810. The van der Waals surface area contributed by atoms with E-state index in [0.29, 0.717) is 0 Å². The molecule has 0 saturated carbocycles. The van der Waals surface area contributed by atoms with Crippen molar-refractivity contribution in [1.29, 1.82) is 0 Å². The van der Waals surface area contributed by atoms with Crippen LogP contribution in [0.4, 0.5) is 0 Å². The van der Waals surface area contributed by atoms with Crippen LogP contribution < -0.4 is 11.1 Å². The molecular formula is C14H28ClN3O2. The predicted octanol–water partition coefficient (Wildman–Crippen LogP) is 1.15. The van der Waals surface area contributed by atoms with Gasteiger partial charge in [0, 0.05) is 25.0 Å². The largest absolute Gasteiger partial charge is 0.352 e. The van der Waals surface area contributed by atoms with E-state index < -0.39 is 6.04 Å². The molecule has 1 fully saturated rings. The minimum absolute atomic E-state index is 0. The Morgan fingerprint density at radius 1 is 1.15 bits per heavy atom. The molecule has 0 bridgehead atoms. The molecule has 0 aromatic carbocycles. The summed E-state index contributed by atoms with van der Waals surface area (Å²) in [4.78, 5) is 25.6. The van der Waals surface area contributed by atoms with Crippen LogP contribution >= 0.6 is 12.4 Å². The van der Waals surface area contributed by atoms with Gasteiger partial charge in [0.05, 0.1) is 6.04 Å². The van der Waals surface area contributed by atoms with E-state index in [4.69, 9.17) is 5.73 Å². The number of carbonyl (C=O) groups excluding carboxylic acids is 2. The Balaban J connectivity index is 0.00000361. The molecule has 1 atom stereocenters. The summed E-state index contributed by atoms with van der Waals surface area (Å²) in [6.07, 6.45) is 1.63. The van der Waals surface area contributed by atoms with Gasteiger partial charge in [-0.1, -0.05) is 27.7 Å². The van der Waals surface area contributed by atoms with Gasteiger partial charge in [-0.3, -0.25) is 9.59 Å². The van der Waals surface area contributed by atoms with Crippen molar-refractivity contribution in [3.63, 3.8) is 0 Å². The zero-order valence-electron chi connectivity index (χ0n) is 12.9. The fourth-order valence-electron chi connectivity index (χ4n) is 2.21. The molecule has 6 heteroatoms. The molecule has 0 spiro atoms. The summed E-state index contributed by atoms with van der Waals surface area (Å²) in [6, 6.07) is -0.302. The number of rotatable bonds is 4. The number of hydrogen-bond donors (Lipinski definition) is 2. The maximum absolute atomic E-state index is 11.9. The molecule has 118 valence electrons. The average molecular weight is 306 g/mol. The standard InChI is InChI=1S/C14H27N3O2.ClH/c1-9(2)12(15)13(18)16-11-5-7-17(8-6-11)14(19)10(3)4;/h9-12H,5-8,15H2,1-4H3,(H,16,18);1H/t12-;/m0./s1. The fraction of sp³-hybridized carbons (Fsp3) is 0.857. The Kier molecular flexibility index (Phi) is 8.13. The van der Waals surface area contributed by atoms with Crippen LogP contribution in [-0.2, 0) is 9.59 Å². The Morgan fingerprint density at radius 3 is 2.05 bits per heavy atom. The number of piperidine rings is 1. The number of halogens is 1. The summed E-state index contributed by atoms with van der Waals surface area (Å²) in [5.74, 6) is 0.301. The topological polar surface area (TPSA) is 75.4 Å². The summed E-state index contributed by atoms with van der Waals surface area (Å²) < 4.78 is 0. The summed E-state index contributed by atoms with van der Waals surface area (Å²) in [7, 11) is 0. The quantitative estimate of drug-likeness (QED) is 0.818. The van der Waals surface area contributed by atoms with Crippen LogP contribution in [0.2, 0.25) is 0 Å². The van der Waals surface area contributed by atoms with Crippen LogP contribution in [0.25, 0.3) is 0 Å². The molecule has 1 heterocycles. The monoisotopic (exact) mass is 305 g/mol. The summed E-state index contributed by atoms with van der Waals surface area (Å²) in [5, 5.41) is 2.99. The molecule has 0 radical (unpaired) electrons. The number of likely N-dealkylation sites (tertiary alicyclic amines) is 1. The third-order valence-electron chi connectivity index (χ3n) is 3.67. The number of hydrogen-bond acceptors (Lipinski definition) is 3. The van der Waals surface area contributed by atoms with E-state index in [1.807, 2.05) is 32.6 Å². The normalized spacial score (nSPS) is 17.9. The average Bonchev–Trinajstić information content (AvgIpc) is 2.37. The first-order valence-electron chi connectivity index (χ1n) is 7.17. The highest BCUT2D eigenvalue weighted by molar-refractivity contribution is 5.85. The molecule has 1 aliphatic rings. The van der Waals surface area contributed by atoms with Crippen molar-refractivity contribution >= 4 is 24.2 Å². The highest BCUT2D eigenvalue weighted by atomic mass is 35.5. The van der Waals surface area contributed by atoms with Gasteiger partial charge in [-0.05, 0) is 18.8 Å².